The molecule has 1 N–H and O–H groups in total. The van der Waals surface area contributed by atoms with Crippen molar-refractivity contribution < 1.29 is 23.1 Å². The fourth-order valence-electron chi connectivity index (χ4n) is 2.15. The number of amides is 1. The fourth-order valence-corrected chi connectivity index (χ4v) is 2.15. The van der Waals surface area contributed by atoms with Gasteiger partial charge in [0.2, 0.25) is 5.76 Å². The Hall–Kier alpha value is -2.37. The topological polar surface area (TPSA) is 68.5 Å². The molecule has 0 aliphatic rings. The summed E-state index contributed by atoms with van der Waals surface area (Å²) in [5.41, 5.74) is 0.503. The quantitative estimate of drug-likeness (QED) is 0.830. The minimum atomic E-state index is -0.780. The summed E-state index contributed by atoms with van der Waals surface area (Å²) in [6.07, 6.45) is 0.849. The molecule has 0 unspecified atom stereocenters. The number of ether oxygens (including phenoxy) is 1. The van der Waals surface area contributed by atoms with Crippen LogP contribution in [0.5, 0.6) is 0 Å². The number of esters is 1. The normalized spacial score (nSPS) is 11.0. The second-order valence-electron chi connectivity index (χ2n) is 5.78. The van der Waals surface area contributed by atoms with Crippen molar-refractivity contribution in [2.75, 3.05) is 13.2 Å². The van der Waals surface area contributed by atoms with Gasteiger partial charge in [0.25, 0.3) is 5.91 Å². The van der Waals surface area contributed by atoms with Crippen LogP contribution < -0.4 is 5.32 Å². The molecule has 124 valence electrons. The van der Waals surface area contributed by atoms with Gasteiger partial charge in [0.1, 0.15) is 0 Å². The number of para-hydroxylation sites is 1. The number of nitrogens with one attached hydrogen (secondary N) is 1. The Balaban J connectivity index is 1.97. The fraction of sp³-hybridized carbons (Fsp3) is 0.412. The zero-order valence-electron chi connectivity index (χ0n) is 13.4. The highest BCUT2D eigenvalue weighted by molar-refractivity contribution is 5.96. The number of carbonyl (C=O) groups is 2. The number of aryl methyl sites for hydroxylation is 1. The van der Waals surface area contributed by atoms with Crippen LogP contribution >= 0.6 is 0 Å². The highest BCUT2D eigenvalue weighted by Gasteiger charge is 2.21. The lowest BCUT2D eigenvalue weighted by Gasteiger charge is -2.07. The van der Waals surface area contributed by atoms with Crippen molar-refractivity contribution in [2.24, 2.45) is 5.92 Å². The van der Waals surface area contributed by atoms with Crippen molar-refractivity contribution in [1.29, 1.82) is 0 Å². The van der Waals surface area contributed by atoms with Gasteiger partial charge in [-0.25, -0.2) is 9.18 Å². The Bertz CT molecular complexity index is 721. The van der Waals surface area contributed by atoms with Gasteiger partial charge in [0.05, 0.1) is 0 Å². The monoisotopic (exact) mass is 321 g/mol. The van der Waals surface area contributed by atoms with Crippen LogP contribution in [-0.4, -0.2) is 25.0 Å². The second-order valence-corrected chi connectivity index (χ2v) is 5.78. The summed E-state index contributed by atoms with van der Waals surface area (Å²) >= 11 is 0. The third kappa shape index (κ3) is 4.09. The van der Waals surface area contributed by atoms with E-state index in [4.69, 9.17) is 9.15 Å². The zero-order chi connectivity index (χ0) is 17.0. The van der Waals surface area contributed by atoms with Gasteiger partial charge in [-0.1, -0.05) is 26.0 Å². The SMILES string of the molecule is Cc1c(C(=O)OCC(=O)NCCC(C)C)oc2c(F)cccc12. The summed E-state index contributed by atoms with van der Waals surface area (Å²) in [4.78, 5) is 23.6. The van der Waals surface area contributed by atoms with Crippen molar-refractivity contribution >= 4 is 22.8 Å². The van der Waals surface area contributed by atoms with Gasteiger partial charge >= 0.3 is 5.97 Å². The highest BCUT2D eigenvalue weighted by atomic mass is 19.1. The molecule has 0 bridgehead atoms. The predicted molar refractivity (Wildman–Crippen MR) is 83.7 cm³/mol. The molecule has 0 spiro atoms. The first-order chi connectivity index (χ1) is 10.9. The third-order valence-electron chi connectivity index (χ3n) is 3.48. The van der Waals surface area contributed by atoms with Crippen LogP contribution in [-0.2, 0) is 9.53 Å². The average molecular weight is 321 g/mol. The molecular weight excluding hydrogens is 301 g/mol. The molecule has 0 fully saturated rings. The van der Waals surface area contributed by atoms with E-state index in [0.29, 0.717) is 23.4 Å². The van der Waals surface area contributed by atoms with Crippen LogP contribution in [0.2, 0.25) is 0 Å². The van der Waals surface area contributed by atoms with Gasteiger partial charge in [-0.3, -0.25) is 4.79 Å². The lowest BCUT2D eigenvalue weighted by atomic mass is 10.1. The molecule has 0 saturated carbocycles. The van der Waals surface area contributed by atoms with Gasteiger partial charge in [-0.15, -0.1) is 0 Å². The Morgan fingerprint density at radius 3 is 2.74 bits per heavy atom. The molecule has 2 aromatic rings. The number of hydrogen-bond acceptors (Lipinski definition) is 4. The van der Waals surface area contributed by atoms with Crippen LogP contribution in [0.4, 0.5) is 4.39 Å². The maximum atomic E-state index is 13.7. The molecule has 0 saturated heterocycles. The molecule has 0 radical (unpaired) electrons. The number of furan rings is 1. The number of hydrogen-bond donors (Lipinski definition) is 1. The second kappa shape index (κ2) is 7.26. The third-order valence-corrected chi connectivity index (χ3v) is 3.48. The van der Waals surface area contributed by atoms with Crippen molar-refractivity contribution in [1.82, 2.24) is 5.32 Å². The molecular formula is C17H20FNO4. The minimum absolute atomic E-state index is 0.0123. The number of benzene rings is 1. The molecule has 1 amide bonds. The van der Waals surface area contributed by atoms with E-state index in [1.165, 1.54) is 12.1 Å². The van der Waals surface area contributed by atoms with Gasteiger partial charge in [0.15, 0.2) is 18.0 Å². The molecule has 23 heavy (non-hydrogen) atoms. The summed E-state index contributed by atoms with van der Waals surface area (Å²) in [6.45, 7) is 5.88. The van der Waals surface area contributed by atoms with Crippen molar-refractivity contribution in [3.63, 3.8) is 0 Å². The largest absolute Gasteiger partial charge is 0.450 e. The van der Waals surface area contributed by atoms with E-state index >= 15 is 0 Å². The molecule has 0 aliphatic carbocycles. The van der Waals surface area contributed by atoms with Gasteiger partial charge in [-0.2, -0.15) is 0 Å². The number of halogens is 1. The molecule has 6 heteroatoms. The smallest absolute Gasteiger partial charge is 0.375 e. The molecule has 5 nitrogen and oxygen atoms in total. The van der Waals surface area contributed by atoms with Gasteiger partial charge in [-0.05, 0) is 25.3 Å². The van der Waals surface area contributed by atoms with E-state index in [-0.39, 0.29) is 17.3 Å². The first-order valence-electron chi connectivity index (χ1n) is 7.51. The number of carbonyl (C=O) groups excluding carboxylic acids is 2. The van der Waals surface area contributed by atoms with Crippen LogP contribution in [0.25, 0.3) is 11.0 Å². The van der Waals surface area contributed by atoms with Crippen molar-refractivity contribution in [3.8, 4) is 0 Å². The Labute approximate surface area is 133 Å². The molecule has 1 aromatic heterocycles. The number of rotatable bonds is 6. The molecule has 0 atom stereocenters. The van der Waals surface area contributed by atoms with Crippen LogP contribution in [0.1, 0.15) is 36.4 Å². The lowest BCUT2D eigenvalue weighted by molar-refractivity contribution is -0.124. The van der Waals surface area contributed by atoms with E-state index in [1.807, 2.05) is 0 Å². The van der Waals surface area contributed by atoms with Crippen LogP contribution in [0, 0.1) is 18.7 Å². The molecule has 2 rings (SSSR count). The maximum absolute atomic E-state index is 13.7. The van der Waals surface area contributed by atoms with E-state index < -0.39 is 18.4 Å². The van der Waals surface area contributed by atoms with Crippen molar-refractivity contribution in [2.45, 2.75) is 27.2 Å². The summed E-state index contributed by atoms with van der Waals surface area (Å²) in [5, 5.41) is 3.18. The molecule has 0 aliphatic heterocycles. The van der Waals surface area contributed by atoms with E-state index in [1.54, 1.807) is 13.0 Å². The number of fused-ring (bicyclic) bond motifs is 1. The minimum Gasteiger partial charge on any atom is -0.450 e. The van der Waals surface area contributed by atoms with Crippen molar-refractivity contribution in [3.05, 3.63) is 35.3 Å². The van der Waals surface area contributed by atoms with Crippen LogP contribution in [0.15, 0.2) is 22.6 Å². The first kappa shape index (κ1) is 17.0. The predicted octanol–water partition coefficient (Wildman–Crippen LogP) is 3.20. The molecule has 1 heterocycles. The maximum Gasteiger partial charge on any atom is 0.375 e. The summed E-state index contributed by atoms with van der Waals surface area (Å²) in [6, 6.07) is 4.45. The van der Waals surface area contributed by atoms with Gasteiger partial charge in [0, 0.05) is 17.5 Å². The molecule has 1 aromatic carbocycles. The Morgan fingerprint density at radius 1 is 1.35 bits per heavy atom. The zero-order valence-corrected chi connectivity index (χ0v) is 13.4. The van der Waals surface area contributed by atoms with E-state index in [9.17, 15) is 14.0 Å². The summed E-state index contributed by atoms with van der Waals surface area (Å²) < 4.78 is 23.8. The Morgan fingerprint density at radius 2 is 2.09 bits per heavy atom. The summed E-state index contributed by atoms with van der Waals surface area (Å²) in [7, 11) is 0. The lowest BCUT2D eigenvalue weighted by Crippen LogP contribution is -2.30. The first-order valence-corrected chi connectivity index (χ1v) is 7.51. The van der Waals surface area contributed by atoms with Gasteiger partial charge < -0.3 is 14.5 Å². The standard InChI is InChI=1S/C17H20FNO4/c1-10(2)7-8-19-14(20)9-22-17(21)15-11(3)12-5-4-6-13(18)16(12)23-15/h4-6,10H,7-9H2,1-3H3,(H,19,20). The van der Waals surface area contributed by atoms with E-state index in [0.717, 1.165) is 6.42 Å². The highest BCUT2D eigenvalue weighted by Crippen LogP contribution is 2.27. The summed E-state index contributed by atoms with van der Waals surface area (Å²) in [5.74, 6) is -1.31. The average Bonchev–Trinajstić information content (AvgIpc) is 2.83. The van der Waals surface area contributed by atoms with E-state index in [2.05, 4.69) is 19.2 Å². The van der Waals surface area contributed by atoms with Crippen LogP contribution in [0.3, 0.4) is 0 Å². The Kier molecular flexibility index (Phi) is 5.36.